The van der Waals surface area contributed by atoms with E-state index in [9.17, 15) is 14.9 Å². The second-order valence-electron chi connectivity index (χ2n) is 10.6. The van der Waals surface area contributed by atoms with Crippen molar-refractivity contribution in [3.8, 4) is 17.6 Å². The fourth-order valence-corrected chi connectivity index (χ4v) is 6.80. The molecule has 3 aliphatic heterocycles. The molecule has 2 saturated heterocycles. The number of hydrogen-bond donors (Lipinski definition) is 0. The van der Waals surface area contributed by atoms with E-state index in [1.807, 2.05) is 38.6 Å². The third kappa shape index (κ3) is 3.30. The lowest BCUT2D eigenvalue weighted by atomic mass is 9.86. The van der Waals surface area contributed by atoms with Crippen molar-refractivity contribution in [3.05, 3.63) is 76.9 Å². The summed E-state index contributed by atoms with van der Waals surface area (Å²) in [5.74, 6) is 1.06. The van der Waals surface area contributed by atoms with E-state index < -0.39 is 5.54 Å². The van der Waals surface area contributed by atoms with Crippen LogP contribution in [0.5, 0.6) is 11.5 Å². The van der Waals surface area contributed by atoms with Crippen LogP contribution in [0.4, 0.5) is 0 Å². The quantitative estimate of drug-likeness (QED) is 0.468. The van der Waals surface area contributed by atoms with Gasteiger partial charge in [-0.25, -0.2) is 4.98 Å². The number of aromatic nitrogens is 2. The minimum Gasteiger partial charge on any atom is -0.456 e. The first-order valence-corrected chi connectivity index (χ1v) is 13.0. The Morgan fingerprint density at radius 1 is 1.08 bits per heavy atom. The summed E-state index contributed by atoms with van der Waals surface area (Å²) in [6, 6.07) is 13.8. The third-order valence-electron chi connectivity index (χ3n) is 8.61. The number of amides is 2. The Kier molecular flexibility index (Phi) is 4.90. The Balaban J connectivity index is 1.41. The zero-order chi connectivity index (χ0) is 25.1. The van der Waals surface area contributed by atoms with Crippen molar-refractivity contribution in [2.75, 3.05) is 13.1 Å². The largest absolute Gasteiger partial charge is 0.456 e. The number of imidazole rings is 1. The first-order valence-electron chi connectivity index (χ1n) is 13.0. The van der Waals surface area contributed by atoms with Gasteiger partial charge >= 0.3 is 0 Å². The van der Waals surface area contributed by atoms with Crippen LogP contribution < -0.4 is 4.74 Å². The molecule has 4 heterocycles. The molecule has 0 saturated carbocycles. The maximum Gasteiger partial charge on any atom is 0.273 e. The van der Waals surface area contributed by atoms with E-state index in [1.165, 1.54) is 5.56 Å². The number of hydrogen-bond acceptors (Lipinski definition) is 5. The minimum atomic E-state index is -0.781. The molecule has 186 valence electrons. The topological polar surface area (TPSA) is 91.5 Å². The van der Waals surface area contributed by atoms with Crippen LogP contribution >= 0.6 is 0 Å². The molecular weight excluding hydrogens is 466 g/mol. The van der Waals surface area contributed by atoms with Crippen LogP contribution in [0.25, 0.3) is 0 Å². The van der Waals surface area contributed by atoms with Crippen LogP contribution in [0.3, 0.4) is 0 Å². The van der Waals surface area contributed by atoms with E-state index in [1.54, 1.807) is 18.6 Å². The smallest absolute Gasteiger partial charge is 0.273 e. The van der Waals surface area contributed by atoms with Crippen molar-refractivity contribution in [1.29, 1.82) is 5.26 Å². The predicted octanol–water partition coefficient (Wildman–Crippen LogP) is 4.19. The molecule has 0 unspecified atom stereocenters. The molecule has 4 aliphatic rings. The number of benzene rings is 2. The lowest BCUT2D eigenvalue weighted by molar-refractivity contribution is -0.138. The van der Waals surface area contributed by atoms with Crippen molar-refractivity contribution in [2.45, 2.75) is 56.7 Å². The van der Waals surface area contributed by atoms with E-state index in [2.05, 4.69) is 17.1 Å². The number of nitrogens with zero attached hydrogens (tertiary/aromatic N) is 5. The van der Waals surface area contributed by atoms with Gasteiger partial charge in [-0.15, -0.1) is 0 Å². The second-order valence-corrected chi connectivity index (χ2v) is 10.6. The molecule has 2 fully saturated rings. The molecule has 37 heavy (non-hydrogen) atoms. The predicted molar refractivity (Wildman–Crippen MR) is 134 cm³/mol. The van der Waals surface area contributed by atoms with Gasteiger partial charge in [0.05, 0.1) is 24.1 Å². The molecule has 8 heteroatoms. The average molecular weight is 494 g/mol. The number of aryl methyl sites for hydroxylation is 1. The van der Waals surface area contributed by atoms with Gasteiger partial charge in [0.25, 0.3) is 5.91 Å². The molecule has 1 aliphatic carbocycles. The summed E-state index contributed by atoms with van der Waals surface area (Å²) in [7, 11) is 0. The molecule has 7 rings (SSSR count). The van der Waals surface area contributed by atoms with Crippen LogP contribution in [0.15, 0.2) is 48.9 Å². The number of fused-ring (bicyclic) bond motifs is 6. The first kappa shape index (κ1) is 22.1. The zero-order valence-corrected chi connectivity index (χ0v) is 20.5. The molecule has 2 aromatic carbocycles. The Morgan fingerprint density at radius 2 is 2.00 bits per heavy atom. The van der Waals surface area contributed by atoms with Crippen molar-refractivity contribution >= 4 is 11.8 Å². The molecule has 0 N–H and O–H groups in total. The molecule has 0 radical (unpaired) electrons. The SMILES string of the molecule is N#Cc1ccc2cc1Oc1ccc3c(c1)[C@@H](CCC3)N1CC[C@]3(CCCN3C(=O)c3cncn3C2)C1=O. The van der Waals surface area contributed by atoms with E-state index in [0.29, 0.717) is 55.2 Å². The molecule has 8 nitrogen and oxygen atoms in total. The summed E-state index contributed by atoms with van der Waals surface area (Å²) in [6.07, 6.45) is 8.27. The summed E-state index contributed by atoms with van der Waals surface area (Å²) in [5.41, 5.74) is 3.37. The first-order chi connectivity index (χ1) is 18.1. The summed E-state index contributed by atoms with van der Waals surface area (Å²) in [5, 5.41) is 9.72. The monoisotopic (exact) mass is 493 g/mol. The lowest BCUT2D eigenvalue weighted by Gasteiger charge is -2.37. The van der Waals surface area contributed by atoms with Gasteiger partial charge in [-0.3, -0.25) is 9.59 Å². The van der Waals surface area contributed by atoms with Crippen molar-refractivity contribution in [1.82, 2.24) is 19.4 Å². The van der Waals surface area contributed by atoms with E-state index in [0.717, 1.165) is 36.8 Å². The van der Waals surface area contributed by atoms with Crippen LogP contribution in [0.2, 0.25) is 0 Å². The van der Waals surface area contributed by atoms with Gasteiger partial charge in [-0.2, -0.15) is 5.26 Å². The number of ether oxygens (including phenoxy) is 1. The molecule has 6 bridgehead atoms. The lowest BCUT2D eigenvalue weighted by Crippen LogP contribution is -2.53. The number of carbonyl (C=O) groups is 2. The summed E-state index contributed by atoms with van der Waals surface area (Å²) in [6.45, 7) is 1.61. The highest BCUT2D eigenvalue weighted by atomic mass is 16.5. The van der Waals surface area contributed by atoms with Gasteiger partial charge in [0.1, 0.15) is 28.8 Å². The van der Waals surface area contributed by atoms with Gasteiger partial charge in [0.15, 0.2) is 0 Å². The minimum absolute atomic E-state index is 0.0445. The Hall–Kier alpha value is -4.12. The molecule has 1 spiro atoms. The highest BCUT2D eigenvalue weighted by Gasteiger charge is 2.56. The zero-order valence-electron chi connectivity index (χ0n) is 20.5. The summed E-state index contributed by atoms with van der Waals surface area (Å²) < 4.78 is 8.11. The van der Waals surface area contributed by atoms with Gasteiger partial charge in [0, 0.05) is 19.6 Å². The second kappa shape index (κ2) is 8.20. The van der Waals surface area contributed by atoms with Crippen molar-refractivity contribution in [2.24, 2.45) is 0 Å². The number of rotatable bonds is 0. The Labute approximate surface area is 215 Å². The molecule has 3 aromatic rings. The van der Waals surface area contributed by atoms with E-state index in [4.69, 9.17) is 4.74 Å². The highest BCUT2D eigenvalue weighted by molar-refractivity contribution is 5.99. The van der Waals surface area contributed by atoms with Crippen LogP contribution in [-0.2, 0) is 17.8 Å². The normalized spacial score (nSPS) is 24.4. The van der Waals surface area contributed by atoms with Crippen molar-refractivity contribution < 1.29 is 14.3 Å². The van der Waals surface area contributed by atoms with E-state index in [-0.39, 0.29) is 17.9 Å². The Bertz CT molecular complexity index is 1490. The van der Waals surface area contributed by atoms with Gasteiger partial charge in [0.2, 0.25) is 5.91 Å². The molecular formula is C29H27N5O3. The number of nitriles is 1. The van der Waals surface area contributed by atoms with Crippen LogP contribution in [-0.4, -0.2) is 49.8 Å². The number of carbonyl (C=O) groups excluding carboxylic acids is 2. The third-order valence-corrected chi connectivity index (χ3v) is 8.61. The summed E-state index contributed by atoms with van der Waals surface area (Å²) in [4.78, 5) is 36.2. The maximum absolute atomic E-state index is 14.2. The average Bonchev–Trinajstić information content (AvgIpc) is 3.63. The van der Waals surface area contributed by atoms with Crippen molar-refractivity contribution in [3.63, 3.8) is 0 Å². The van der Waals surface area contributed by atoms with E-state index >= 15 is 0 Å². The molecule has 2 amide bonds. The maximum atomic E-state index is 14.2. The fraction of sp³-hybridized carbons (Fsp3) is 0.379. The fourth-order valence-electron chi connectivity index (χ4n) is 6.80. The van der Waals surface area contributed by atoms with Gasteiger partial charge in [-0.1, -0.05) is 12.1 Å². The molecule has 2 atom stereocenters. The highest BCUT2D eigenvalue weighted by Crippen LogP contribution is 2.46. The summed E-state index contributed by atoms with van der Waals surface area (Å²) >= 11 is 0. The van der Waals surface area contributed by atoms with Crippen LogP contribution in [0.1, 0.15) is 70.9 Å². The Morgan fingerprint density at radius 3 is 2.89 bits per heavy atom. The molecule has 1 aromatic heterocycles. The van der Waals surface area contributed by atoms with Crippen LogP contribution in [0, 0.1) is 11.3 Å². The van der Waals surface area contributed by atoms with Gasteiger partial charge in [-0.05, 0) is 79.5 Å². The van der Waals surface area contributed by atoms with Gasteiger partial charge < -0.3 is 19.1 Å². The standard InChI is InChI=1S/C29H27N5O3/c30-15-21-6-5-19-13-26(21)37-22-8-7-20-3-1-4-24(23(20)14-22)33-12-10-29(28(33)36)9-2-11-34(29)27(35)25-16-31-18-32(25)17-19/h5-8,13-14,16,18,24H,1-4,9-12,17H2/t24-,29-/m1/s1.